The molecule has 1 saturated carbocycles. The fraction of sp³-hybridized carbons (Fsp3) is 0.714. The molecule has 0 bridgehead atoms. The van der Waals surface area contributed by atoms with E-state index in [4.69, 9.17) is 16.3 Å². The highest BCUT2D eigenvalue weighted by atomic mass is 35.5. The van der Waals surface area contributed by atoms with Gasteiger partial charge >= 0.3 is 0 Å². The Morgan fingerprint density at radius 2 is 2.11 bits per heavy atom. The van der Waals surface area contributed by atoms with E-state index in [0.717, 1.165) is 31.7 Å². The zero-order chi connectivity index (χ0) is 13.7. The van der Waals surface area contributed by atoms with E-state index >= 15 is 0 Å². The first kappa shape index (κ1) is 14.4. The van der Waals surface area contributed by atoms with Gasteiger partial charge in [-0.25, -0.2) is 4.98 Å². The maximum absolute atomic E-state index is 6.10. The quantitative estimate of drug-likeness (QED) is 0.890. The van der Waals surface area contributed by atoms with Crippen molar-refractivity contribution in [1.29, 1.82) is 0 Å². The number of nitrogens with one attached hydrogen (secondary N) is 1. The van der Waals surface area contributed by atoms with Gasteiger partial charge in [-0.3, -0.25) is 0 Å². The molecule has 0 radical (unpaired) electrons. The van der Waals surface area contributed by atoms with E-state index in [9.17, 15) is 0 Å². The number of halogens is 1. The van der Waals surface area contributed by atoms with Crippen LogP contribution < -0.4 is 10.1 Å². The van der Waals surface area contributed by atoms with E-state index in [2.05, 4.69) is 29.1 Å². The SMILES string of the molecule is CCCNc1ncc(Cl)c(OC2CCC(C)CC2)n1. The second-order valence-electron chi connectivity index (χ2n) is 5.27. The lowest BCUT2D eigenvalue weighted by Gasteiger charge is -2.26. The van der Waals surface area contributed by atoms with E-state index in [1.165, 1.54) is 12.8 Å². The summed E-state index contributed by atoms with van der Waals surface area (Å²) in [7, 11) is 0. The van der Waals surface area contributed by atoms with Crippen molar-refractivity contribution in [3.05, 3.63) is 11.2 Å². The third-order valence-corrected chi connectivity index (χ3v) is 3.75. The molecular formula is C14H22ClN3O. The van der Waals surface area contributed by atoms with Crippen molar-refractivity contribution in [1.82, 2.24) is 9.97 Å². The molecule has 2 rings (SSSR count). The van der Waals surface area contributed by atoms with Crippen molar-refractivity contribution >= 4 is 17.5 Å². The van der Waals surface area contributed by atoms with Crippen LogP contribution in [0.1, 0.15) is 46.0 Å². The summed E-state index contributed by atoms with van der Waals surface area (Å²) in [6.45, 7) is 5.24. The monoisotopic (exact) mass is 283 g/mol. The molecule has 0 amide bonds. The maximum atomic E-state index is 6.10. The lowest BCUT2D eigenvalue weighted by atomic mass is 9.89. The van der Waals surface area contributed by atoms with Crippen LogP contribution in [-0.4, -0.2) is 22.6 Å². The lowest BCUT2D eigenvalue weighted by Crippen LogP contribution is -2.23. The summed E-state index contributed by atoms with van der Waals surface area (Å²) in [5, 5.41) is 3.63. The molecule has 0 unspecified atom stereocenters. The number of anilines is 1. The number of hydrogen-bond donors (Lipinski definition) is 1. The third kappa shape index (κ3) is 4.23. The van der Waals surface area contributed by atoms with Gasteiger partial charge in [0.25, 0.3) is 0 Å². The van der Waals surface area contributed by atoms with Crippen LogP contribution in [0.2, 0.25) is 5.02 Å². The Labute approximate surface area is 119 Å². The lowest BCUT2D eigenvalue weighted by molar-refractivity contribution is 0.130. The molecule has 0 atom stereocenters. The number of rotatable bonds is 5. The smallest absolute Gasteiger partial charge is 0.237 e. The summed E-state index contributed by atoms with van der Waals surface area (Å²) < 4.78 is 5.93. The Balaban J connectivity index is 1.98. The molecule has 19 heavy (non-hydrogen) atoms. The number of aromatic nitrogens is 2. The predicted octanol–water partition coefficient (Wildman–Crippen LogP) is 3.91. The standard InChI is InChI=1S/C14H22ClN3O/c1-3-8-16-14-17-9-12(15)13(18-14)19-11-6-4-10(2)5-7-11/h9-11H,3-8H2,1-2H3,(H,16,17,18). The first-order valence-corrected chi connectivity index (χ1v) is 7.50. The van der Waals surface area contributed by atoms with Crippen LogP contribution in [-0.2, 0) is 0 Å². The molecule has 1 fully saturated rings. The van der Waals surface area contributed by atoms with Crippen LogP contribution in [0.4, 0.5) is 5.95 Å². The average molecular weight is 284 g/mol. The van der Waals surface area contributed by atoms with Gasteiger partial charge in [0.1, 0.15) is 11.1 Å². The van der Waals surface area contributed by atoms with Crippen LogP contribution in [0, 0.1) is 5.92 Å². The maximum Gasteiger partial charge on any atom is 0.237 e. The van der Waals surface area contributed by atoms with Gasteiger partial charge < -0.3 is 10.1 Å². The van der Waals surface area contributed by atoms with Gasteiger partial charge in [0.2, 0.25) is 11.8 Å². The molecule has 1 aromatic heterocycles. The molecule has 0 spiro atoms. The highest BCUT2D eigenvalue weighted by Gasteiger charge is 2.21. The highest BCUT2D eigenvalue weighted by molar-refractivity contribution is 6.31. The van der Waals surface area contributed by atoms with Crippen molar-refractivity contribution in [2.75, 3.05) is 11.9 Å². The minimum atomic E-state index is 0.239. The molecule has 1 aromatic rings. The Morgan fingerprint density at radius 1 is 1.37 bits per heavy atom. The van der Waals surface area contributed by atoms with Crippen LogP contribution in [0.25, 0.3) is 0 Å². The van der Waals surface area contributed by atoms with E-state index in [0.29, 0.717) is 16.9 Å². The van der Waals surface area contributed by atoms with Gasteiger partial charge in [-0.1, -0.05) is 25.4 Å². The molecule has 1 heterocycles. The number of ether oxygens (including phenoxy) is 1. The molecular weight excluding hydrogens is 262 g/mol. The Kier molecular flexibility index (Phi) is 5.25. The Morgan fingerprint density at radius 3 is 2.79 bits per heavy atom. The van der Waals surface area contributed by atoms with Crippen LogP contribution in [0.5, 0.6) is 5.88 Å². The van der Waals surface area contributed by atoms with Gasteiger partial charge in [0.05, 0.1) is 6.20 Å². The molecule has 0 aliphatic heterocycles. The van der Waals surface area contributed by atoms with Crippen LogP contribution in [0.15, 0.2) is 6.20 Å². The van der Waals surface area contributed by atoms with Gasteiger partial charge in [0, 0.05) is 6.54 Å². The Bertz CT molecular complexity index is 406. The second-order valence-corrected chi connectivity index (χ2v) is 5.68. The van der Waals surface area contributed by atoms with E-state index in [-0.39, 0.29) is 6.10 Å². The molecule has 0 aromatic carbocycles. The summed E-state index contributed by atoms with van der Waals surface area (Å²) >= 11 is 6.10. The summed E-state index contributed by atoms with van der Waals surface area (Å²) in [6, 6.07) is 0. The number of hydrogen-bond acceptors (Lipinski definition) is 4. The minimum absolute atomic E-state index is 0.239. The van der Waals surface area contributed by atoms with Gasteiger partial charge in [-0.15, -0.1) is 0 Å². The van der Waals surface area contributed by atoms with Gasteiger partial charge in [-0.05, 0) is 38.0 Å². The van der Waals surface area contributed by atoms with Crippen molar-refractivity contribution in [2.24, 2.45) is 5.92 Å². The fourth-order valence-corrected chi connectivity index (χ4v) is 2.40. The van der Waals surface area contributed by atoms with Crippen LogP contribution in [0.3, 0.4) is 0 Å². The first-order valence-electron chi connectivity index (χ1n) is 7.12. The second kappa shape index (κ2) is 6.94. The summed E-state index contributed by atoms with van der Waals surface area (Å²) in [5.74, 6) is 1.91. The van der Waals surface area contributed by atoms with E-state index < -0.39 is 0 Å². The largest absolute Gasteiger partial charge is 0.473 e. The molecule has 5 heteroatoms. The summed E-state index contributed by atoms with van der Waals surface area (Å²) in [6.07, 6.45) is 7.47. The molecule has 4 nitrogen and oxygen atoms in total. The molecule has 1 N–H and O–H groups in total. The van der Waals surface area contributed by atoms with E-state index in [1.54, 1.807) is 6.20 Å². The van der Waals surface area contributed by atoms with Gasteiger partial charge in [0.15, 0.2) is 0 Å². The zero-order valence-electron chi connectivity index (χ0n) is 11.7. The summed E-state index contributed by atoms with van der Waals surface area (Å²) in [5.41, 5.74) is 0. The molecule has 106 valence electrons. The summed E-state index contributed by atoms with van der Waals surface area (Å²) in [4.78, 5) is 8.49. The van der Waals surface area contributed by atoms with Crippen molar-refractivity contribution in [3.8, 4) is 5.88 Å². The van der Waals surface area contributed by atoms with Crippen molar-refractivity contribution < 1.29 is 4.74 Å². The predicted molar refractivity (Wildman–Crippen MR) is 77.9 cm³/mol. The van der Waals surface area contributed by atoms with Crippen molar-refractivity contribution in [3.63, 3.8) is 0 Å². The third-order valence-electron chi connectivity index (χ3n) is 3.49. The normalized spacial score (nSPS) is 23.1. The number of nitrogens with zero attached hydrogens (tertiary/aromatic N) is 2. The van der Waals surface area contributed by atoms with Crippen LogP contribution >= 0.6 is 11.6 Å². The average Bonchev–Trinajstić information content (AvgIpc) is 2.42. The Hall–Kier alpha value is -1.03. The minimum Gasteiger partial charge on any atom is -0.473 e. The van der Waals surface area contributed by atoms with Crippen molar-refractivity contribution in [2.45, 2.75) is 52.1 Å². The first-order chi connectivity index (χ1) is 9.19. The highest BCUT2D eigenvalue weighted by Crippen LogP contribution is 2.29. The zero-order valence-corrected chi connectivity index (χ0v) is 12.4. The fourth-order valence-electron chi connectivity index (χ4n) is 2.26. The molecule has 1 aliphatic carbocycles. The topological polar surface area (TPSA) is 47.0 Å². The van der Waals surface area contributed by atoms with E-state index in [1.807, 2.05) is 0 Å². The molecule has 1 aliphatic rings. The molecule has 0 saturated heterocycles. The van der Waals surface area contributed by atoms with Gasteiger partial charge in [-0.2, -0.15) is 4.98 Å².